The van der Waals surface area contributed by atoms with E-state index >= 15 is 0 Å². The van der Waals surface area contributed by atoms with Crippen molar-refractivity contribution < 1.29 is 13.9 Å². The molecule has 1 aromatic rings. The van der Waals surface area contributed by atoms with Crippen molar-refractivity contribution in [1.29, 1.82) is 0 Å². The maximum atomic E-state index is 13.1. The largest absolute Gasteiger partial charge is 0.488 e. The quantitative estimate of drug-likeness (QED) is 0.886. The molecule has 1 unspecified atom stereocenters. The van der Waals surface area contributed by atoms with Crippen LogP contribution in [0, 0.1) is 5.82 Å². The van der Waals surface area contributed by atoms with E-state index in [0.717, 1.165) is 43.7 Å². The summed E-state index contributed by atoms with van der Waals surface area (Å²) in [6.45, 7) is 3.65. The zero-order valence-electron chi connectivity index (χ0n) is 11.2. The first-order valence-electron chi connectivity index (χ1n) is 7.04. The van der Waals surface area contributed by atoms with Gasteiger partial charge in [0.2, 0.25) is 0 Å². The average Bonchev–Trinajstić information content (AvgIpc) is 2.73. The number of hydrogen-bond donors (Lipinski definition) is 1. The second kappa shape index (κ2) is 5.47. The molecule has 3 rings (SSSR count). The molecular weight excluding hydrogens is 245 g/mol. The molecule has 1 saturated carbocycles. The lowest BCUT2D eigenvalue weighted by molar-refractivity contribution is -0.0114. The number of benzene rings is 1. The highest BCUT2D eigenvalue weighted by Crippen LogP contribution is 2.29. The van der Waals surface area contributed by atoms with Crippen LogP contribution in [-0.2, 0) is 11.2 Å². The molecule has 1 aliphatic heterocycles. The Labute approximate surface area is 113 Å². The van der Waals surface area contributed by atoms with Crippen molar-refractivity contribution in [2.75, 3.05) is 13.2 Å². The minimum atomic E-state index is -0.186. The smallest absolute Gasteiger partial charge is 0.123 e. The summed E-state index contributed by atoms with van der Waals surface area (Å²) < 4.78 is 24.4. The molecule has 1 heterocycles. The Bertz CT molecular complexity index is 446. The van der Waals surface area contributed by atoms with Crippen molar-refractivity contribution in [3.8, 4) is 5.75 Å². The van der Waals surface area contributed by atoms with Crippen molar-refractivity contribution >= 4 is 0 Å². The highest BCUT2D eigenvalue weighted by atomic mass is 19.1. The Morgan fingerprint density at radius 2 is 2.26 bits per heavy atom. The van der Waals surface area contributed by atoms with Crippen molar-refractivity contribution in [2.45, 2.75) is 44.4 Å². The molecule has 104 valence electrons. The third-order valence-corrected chi connectivity index (χ3v) is 3.90. The molecule has 0 bridgehead atoms. The maximum absolute atomic E-state index is 13.1. The first-order valence-corrected chi connectivity index (χ1v) is 7.04. The van der Waals surface area contributed by atoms with Gasteiger partial charge in [0.05, 0.1) is 6.10 Å². The Balaban J connectivity index is 1.42. The molecule has 1 fully saturated rings. The van der Waals surface area contributed by atoms with Crippen LogP contribution in [0.15, 0.2) is 18.2 Å². The number of ether oxygens (including phenoxy) is 2. The topological polar surface area (TPSA) is 30.5 Å². The summed E-state index contributed by atoms with van der Waals surface area (Å²) in [7, 11) is 0. The number of rotatable bonds is 5. The normalized spacial score (nSPS) is 28.6. The molecule has 1 aromatic carbocycles. The fourth-order valence-electron chi connectivity index (χ4n) is 2.81. The second-order valence-electron chi connectivity index (χ2n) is 5.35. The van der Waals surface area contributed by atoms with Crippen LogP contribution < -0.4 is 10.1 Å². The van der Waals surface area contributed by atoms with Crippen LogP contribution in [0.3, 0.4) is 0 Å². The summed E-state index contributed by atoms with van der Waals surface area (Å²) in [5, 5.41) is 3.50. The van der Waals surface area contributed by atoms with E-state index in [9.17, 15) is 4.39 Å². The van der Waals surface area contributed by atoms with E-state index in [1.807, 2.05) is 6.92 Å². The SMILES string of the molecule is CCOC1CC(NCC2Cc3cc(F)ccc3O2)C1. The Morgan fingerprint density at radius 3 is 3.05 bits per heavy atom. The Hall–Kier alpha value is -1.13. The lowest BCUT2D eigenvalue weighted by Gasteiger charge is -2.36. The molecule has 1 aliphatic carbocycles. The zero-order chi connectivity index (χ0) is 13.2. The number of halogens is 1. The van der Waals surface area contributed by atoms with Gasteiger partial charge < -0.3 is 14.8 Å². The average molecular weight is 265 g/mol. The molecule has 1 N–H and O–H groups in total. The van der Waals surface area contributed by atoms with Gasteiger partial charge in [0.1, 0.15) is 17.7 Å². The maximum Gasteiger partial charge on any atom is 0.123 e. The predicted molar refractivity (Wildman–Crippen MR) is 71.0 cm³/mol. The molecule has 0 amide bonds. The number of hydrogen-bond acceptors (Lipinski definition) is 3. The van der Waals surface area contributed by atoms with Crippen LogP contribution in [-0.4, -0.2) is 31.4 Å². The van der Waals surface area contributed by atoms with Crippen LogP contribution in [0.5, 0.6) is 5.75 Å². The number of fused-ring (bicyclic) bond motifs is 1. The molecule has 1 atom stereocenters. The molecule has 0 saturated heterocycles. The van der Waals surface area contributed by atoms with Gasteiger partial charge in [0.25, 0.3) is 0 Å². The van der Waals surface area contributed by atoms with E-state index in [1.165, 1.54) is 6.07 Å². The van der Waals surface area contributed by atoms with Gasteiger partial charge in [-0.05, 0) is 38.0 Å². The monoisotopic (exact) mass is 265 g/mol. The molecule has 2 aliphatic rings. The van der Waals surface area contributed by atoms with E-state index in [-0.39, 0.29) is 11.9 Å². The van der Waals surface area contributed by atoms with Crippen molar-refractivity contribution in [2.24, 2.45) is 0 Å². The fraction of sp³-hybridized carbons (Fsp3) is 0.600. The van der Waals surface area contributed by atoms with Crippen molar-refractivity contribution in [1.82, 2.24) is 5.32 Å². The van der Waals surface area contributed by atoms with E-state index in [4.69, 9.17) is 9.47 Å². The third-order valence-electron chi connectivity index (χ3n) is 3.90. The predicted octanol–water partition coefficient (Wildman–Crippen LogP) is 2.29. The van der Waals surface area contributed by atoms with E-state index in [0.29, 0.717) is 12.1 Å². The first kappa shape index (κ1) is 12.9. The van der Waals surface area contributed by atoms with Crippen LogP contribution in [0.4, 0.5) is 4.39 Å². The molecular formula is C15H20FNO2. The van der Waals surface area contributed by atoms with Gasteiger partial charge in [0, 0.05) is 31.2 Å². The van der Waals surface area contributed by atoms with Gasteiger partial charge in [-0.3, -0.25) is 0 Å². The van der Waals surface area contributed by atoms with Gasteiger partial charge in [-0.25, -0.2) is 4.39 Å². The highest BCUT2D eigenvalue weighted by Gasteiger charge is 2.31. The zero-order valence-corrected chi connectivity index (χ0v) is 11.2. The summed E-state index contributed by atoms with van der Waals surface area (Å²) in [6.07, 6.45) is 3.52. The second-order valence-corrected chi connectivity index (χ2v) is 5.35. The van der Waals surface area contributed by atoms with Crippen LogP contribution >= 0.6 is 0 Å². The molecule has 4 heteroatoms. The standard InChI is InChI=1S/C15H20FNO2/c1-2-18-13-7-12(8-13)17-9-14-6-10-5-11(16)3-4-15(10)19-14/h3-5,12-14,17H,2,6-9H2,1H3. The van der Waals surface area contributed by atoms with Crippen molar-refractivity contribution in [3.63, 3.8) is 0 Å². The van der Waals surface area contributed by atoms with Crippen LogP contribution in [0.2, 0.25) is 0 Å². The Morgan fingerprint density at radius 1 is 1.42 bits per heavy atom. The summed E-state index contributed by atoms with van der Waals surface area (Å²) in [4.78, 5) is 0. The summed E-state index contributed by atoms with van der Waals surface area (Å²) in [5.41, 5.74) is 0.979. The third kappa shape index (κ3) is 2.90. The molecule has 19 heavy (non-hydrogen) atoms. The van der Waals surface area contributed by atoms with E-state index < -0.39 is 0 Å². The van der Waals surface area contributed by atoms with Crippen molar-refractivity contribution in [3.05, 3.63) is 29.6 Å². The lowest BCUT2D eigenvalue weighted by Crippen LogP contribution is -2.48. The first-order chi connectivity index (χ1) is 9.24. The Kier molecular flexibility index (Phi) is 3.71. The summed E-state index contributed by atoms with van der Waals surface area (Å²) in [5.74, 6) is 0.642. The molecule has 0 radical (unpaired) electrons. The minimum Gasteiger partial charge on any atom is -0.488 e. The number of nitrogens with one attached hydrogen (secondary N) is 1. The van der Waals surface area contributed by atoms with E-state index in [1.54, 1.807) is 12.1 Å². The lowest BCUT2D eigenvalue weighted by atomic mass is 9.89. The molecule has 0 spiro atoms. The van der Waals surface area contributed by atoms with E-state index in [2.05, 4.69) is 5.32 Å². The summed E-state index contributed by atoms with van der Waals surface area (Å²) in [6, 6.07) is 5.29. The van der Waals surface area contributed by atoms with Crippen LogP contribution in [0.25, 0.3) is 0 Å². The highest BCUT2D eigenvalue weighted by molar-refractivity contribution is 5.37. The van der Waals surface area contributed by atoms with Gasteiger partial charge in [-0.1, -0.05) is 0 Å². The summed E-state index contributed by atoms with van der Waals surface area (Å²) >= 11 is 0. The molecule has 3 nitrogen and oxygen atoms in total. The van der Waals surface area contributed by atoms with Gasteiger partial charge in [-0.15, -0.1) is 0 Å². The minimum absolute atomic E-state index is 0.128. The van der Waals surface area contributed by atoms with Gasteiger partial charge >= 0.3 is 0 Å². The molecule has 0 aromatic heterocycles. The van der Waals surface area contributed by atoms with Gasteiger partial charge in [0.15, 0.2) is 0 Å². The van der Waals surface area contributed by atoms with Crippen LogP contribution in [0.1, 0.15) is 25.3 Å². The fourth-order valence-corrected chi connectivity index (χ4v) is 2.81. The van der Waals surface area contributed by atoms with Gasteiger partial charge in [-0.2, -0.15) is 0 Å².